The van der Waals surface area contributed by atoms with Crippen molar-refractivity contribution >= 4 is 51.8 Å². The molecule has 2 aromatic rings. The van der Waals surface area contributed by atoms with Gasteiger partial charge in [-0.1, -0.05) is 11.6 Å². The summed E-state index contributed by atoms with van der Waals surface area (Å²) in [6, 6.07) is 11.8. The van der Waals surface area contributed by atoms with E-state index in [9.17, 15) is 9.59 Å². The van der Waals surface area contributed by atoms with E-state index in [0.717, 1.165) is 3.57 Å². The number of amides is 1. The first-order valence-corrected chi connectivity index (χ1v) is 8.01. The van der Waals surface area contributed by atoms with E-state index in [1.165, 1.54) is 25.3 Å². The molecule has 23 heavy (non-hydrogen) atoms. The topological polar surface area (TPSA) is 64.6 Å². The lowest BCUT2D eigenvalue weighted by molar-refractivity contribution is -0.118. The first kappa shape index (κ1) is 17.6. The van der Waals surface area contributed by atoms with Gasteiger partial charge in [0.05, 0.1) is 23.4 Å². The van der Waals surface area contributed by atoms with Gasteiger partial charge in [0.15, 0.2) is 6.61 Å². The highest BCUT2D eigenvalue weighted by Crippen LogP contribution is 2.23. The van der Waals surface area contributed by atoms with Crippen molar-refractivity contribution in [2.24, 2.45) is 0 Å². The van der Waals surface area contributed by atoms with Crippen LogP contribution in [0.3, 0.4) is 0 Å². The molecule has 5 nitrogen and oxygen atoms in total. The summed E-state index contributed by atoms with van der Waals surface area (Å²) in [5, 5.41) is 2.93. The van der Waals surface area contributed by atoms with E-state index < -0.39 is 5.97 Å². The van der Waals surface area contributed by atoms with Gasteiger partial charge in [0.1, 0.15) is 5.75 Å². The molecule has 0 aliphatic heterocycles. The molecule has 0 atom stereocenters. The molecular formula is C16H13ClINO4. The van der Waals surface area contributed by atoms with Crippen LogP contribution in [-0.4, -0.2) is 25.6 Å². The van der Waals surface area contributed by atoms with Gasteiger partial charge in [0.25, 0.3) is 5.91 Å². The number of rotatable bonds is 5. The van der Waals surface area contributed by atoms with Crippen LogP contribution in [-0.2, 0) is 9.53 Å². The van der Waals surface area contributed by atoms with Crippen molar-refractivity contribution in [2.45, 2.75) is 0 Å². The fraction of sp³-hybridized carbons (Fsp3) is 0.125. The number of methoxy groups -OCH3 is 1. The Hall–Kier alpha value is -1.80. The SMILES string of the molecule is COC(=O)c1ccc(Cl)c(NC(=O)COc2ccc(I)cc2)c1. The maximum Gasteiger partial charge on any atom is 0.337 e. The minimum absolute atomic E-state index is 0.167. The van der Waals surface area contributed by atoms with Crippen molar-refractivity contribution in [1.29, 1.82) is 0 Å². The van der Waals surface area contributed by atoms with Crippen molar-refractivity contribution in [2.75, 3.05) is 19.0 Å². The molecule has 0 radical (unpaired) electrons. The maximum absolute atomic E-state index is 11.9. The van der Waals surface area contributed by atoms with Crippen molar-refractivity contribution in [3.8, 4) is 5.75 Å². The summed E-state index contributed by atoms with van der Waals surface area (Å²) in [7, 11) is 1.28. The van der Waals surface area contributed by atoms with Gasteiger partial charge in [-0.2, -0.15) is 0 Å². The van der Waals surface area contributed by atoms with E-state index in [0.29, 0.717) is 22.0 Å². The highest BCUT2D eigenvalue weighted by molar-refractivity contribution is 14.1. The first-order valence-electron chi connectivity index (χ1n) is 6.55. The Morgan fingerprint density at radius 3 is 2.52 bits per heavy atom. The summed E-state index contributed by atoms with van der Waals surface area (Å²) in [5.41, 5.74) is 0.622. The van der Waals surface area contributed by atoms with Crippen LogP contribution in [0.2, 0.25) is 5.02 Å². The Morgan fingerprint density at radius 1 is 1.17 bits per heavy atom. The molecule has 120 valence electrons. The number of hydrogen-bond donors (Lipinski definition) is 1. The van der Waals surface area contributed by atoms with E-state index >= 15 is 0 Å². The molecule has 0 unspecified atom stereocenters. The van der Waals surface area contributed by atoms with E-state index in [1.54, 1.807) is 12.1 Å². The second-order valence-corrected chi connectivity index (χ2v) is 6.13. The summed E-state index contributed by atoms with van der Waals surface area (Å²) in [4.78, 5) is 23.4. The third-order valence-electron chi connectivity index (χ3n) is 2.85. The molecule has 1 N–H and O–H groups in total. The van der Waals surface area contributed by atoms with E-state index in [4.69, 9.17) is 16.3 Å². The molecule has 7 heteroatoms. The molecule has 0 aliphatic carbocycles. The number of esters is 1. The molecule has 0 aromatic heterocycles. The lowest BCUT2D eigenvalue weighted by Crippen LogP contribution is -2.20. The molecule has 2 aromatic carbocycles. The smallest absolute Gasteiger partial charge is 0.337 e. The molecule has 0 saturated heterocycles. The van der Waals surface area contributed by atoms with Gasteiger partial charge in [-0.3, -0.25) is 4.79 Å². The van der Waals surface area contributed by atoms with E-state index in [-0.39, 0.29) is 12.5 Å². The van der Waals surface area contributed by atoms with Gasteiger partial charge in [-0.25, -0.2) is 4.79 Å². The van der Waals surface area contributed by atoms with Crippen molar-refractivity contribution in [3.05, 3.63) is 56.6 Å². The molecule has 1 amide bonds. The third-order valence-corrected chi connectivity index (χ3v) is 3.89. The zero-order chi connectivity index (χ0) is 16.8. The molecule has 0 saturated carbocycles. The second kappa shape index (κ2) is 8.16. The normalized spacial score (nSPS) is 10.0. The zero-order valence-corrected chi connectivity index (χ0v) is 15.1. The number of ether oxygens (including phenoxy) is 2. The van der Waals surface area contributed by atoms with Gasteiger partial charge < -0.3 is 14.8 Å². The Morgan fingerprint density at radius 2 is 1.87 bits per heavy atom. The number of benzene rings is 2. The van der Waals surface area contributed by atoms with Gasteiger partial charge in [0.2, 0.25) is 0 Å². The number of anilines is 1. The fourth-order valence-corrected chi connectivity index (χ4v) is 2.26. The molecular weight excluding hydrogens is 433 g/mol. The molecule has 0 fully saturated rings. The summed E-state index contributed by atoms with van der Waals surface area (Å²) in [5.74, 6) is -0.297. The van der Waals surface area contributed by atoms with Crippen LogP contribution >= 0.6 is 34.2 Å². The van der Waals surface area contributed by atoms with E-state index in [1.807, 2.05) is 12.1 Å². The average molecular weight is 446 g/mol. The minimum atomic E-state index is -0.507. The summed E-state index contributed by atoms with van der Waals surface area (Å²) >= 11 is 8.20. The number of nitrogens with one attached hydrogen (secondary N) is 1. The van der Waals surface area contributed by atoms with Crippen molar-refractivity contribution < 1.29 is 19.1 Å². The maximum atomic E-state index is 11.9. The van der Waals surface area contributed by atoms with Crippen LogP contribution in [0.4, 0.5) is 5.69 Å². The first-order chi connectivity index (χ1) is 11.0. The van der Waals surface area contributed by atoms with E-state index in [2.05, 4.69) is 32.6 Å². The minimum Gasteiger partial charge on any atom is -0.484 e. The highest BCUT2D eigenvalue weighted by Gasteiger charge is 2.11. The molecule has 0 bridgehead atoms. The van der Waals surface area contributed by atoms with Crippen LogP contribution in [0.5, 0.6) is 5.75 Å². The van der Waals surface area contributed by atoms with Crippen LogP contribution in [0.25, 0.3) is 0 Å². The lowest BCUT2D eigenvalue weighted by atomic mass is 10.2. The standard InChI is InChI=1S/C16H13ClINO4/c1-22-16(21)10-2-7-13(17)14(8-10)19-15(20)9-23-12-5-3-11(18)4-6-12/h2-8H,9H2,1H3,(H,19,20). The van der Waals surface area contributed by atoms with Crippen LogP contribution in [0, 0.1) is 3.57 Å². The van der Waals surface area contributed by atoms with Crippen LogP contribution < -0.4 is 10.1 Å². The quantitative estimate of drug-likeness (QED) is 0.562. The Kier molecular flexibility index (Phi) is 6.23. The van der Waals surface area contributed by atoms with Crippen LogP contribution in [0.15, 0.2) is 42.5 Å². The Labute approximate surface area is 152 Å². The molecule has 2 rings (SSSR count). The largest absolute Gasteiger partial charge is 0.484 e. The van der Waals surface area contributed by atoms with Crippen molar-refractivity contribution in [1.82, 2.24) is 0 Å². The highest BCUT2D eigenvalue weighted by atomic mass is 127. The Balaban J connectivity index is 1.99. The van der Waals surface area contributed by atoms with Gasteiger partial charge >= 0.3 is 5.97 Å². The summed E-state index contributed by atoms with van der Waals surface area (Å²) in [6.07, 6.45) is 0. The number of halogens is 2. The second-order valence-electron chi connectivity index (χ2n) is 4.48. The third kappa shape index (κ3) is 5.11. The Bertz CT molecular complexity index is 719. The number of carbonyl (C=O) groups is 2. The summed E-state index contributed by atoms with van der Waals surface area (Å²) in [6.45, 7) is -0.167. The van der Waals surface area contributed by atoms with Gasteiger partial charge in [0, 0.05) is 3.57 Å². The number of carbonyl (C=O) groups excluding carboxylic acids is 2. The van der Waals surface area contributed by atoms with Crippen LogP contribution in [0.1, 0.15) is 10.4 Å². The average Bonchev–Trinajstić information content (AvgIpc) is 2.55. The molecule has 0 heterocycles. The van der Waals surface area contributed by atoms with Gasteiger partial charge in [-0.15, -0.1) is 0 Å². The van der Waals surface area contributed by atoms with Gasteiger partial charge in [-0.05, 0) is 65.1 Å². The molecule has 0 aliphatic rings. The predicted octanol–water partition coefficient (Wildman–Crippen LogP) is 3.75. The molecule has 0 spiro atoms. The zero-order valence-electron chi connectivity index (χ0n) is 12.1. The van der Waals surface area contributed by atoms with Crippen molar-refractivity contribution in [3.63, 3.8) is 0 Å². The predicted molar refractivity (Wildman–Crippen MR) is 96.1 cm³/mol. The summed E-state index contributed by atoms with van der Waals surface area (Å²) < 4.78 is 11.1. The lowest BCUT2D eigenvalue weighted by Gasteiger charge is -2.10. The monoisotopic (exact) mass is 445 g/mol. The fourth-order valence-electron chi connectivity index (χ4n) is 1.73. The number of hydrogen-bond acceptors (Lipinski definition) is 4.